The van der Waals surface area contributed by atoms with Crippen molar-refractivity contribution in [2.45, 2.75) is 44.2 Å². The number of H-pyrrole nitrogens is 1. The van der Waals surface area contributed by atoms with Crippen LogP contribution >= 0.6 is 0 Å². The van der Waals surface area contributed by atoms with Crippen LogP contribution in [0.4, 0.5) is 14.5 Å². The third kappa shape index (κ3) is 3.73. The molecular weight excluding hydrogens is 438 g/mol. The van der Waals surface area contributed by atoms with Crippen LogP contribution in [-0.2, 0) is 23.0 Å². The molecule has 1 fully saturated rings. The van der Waals surface area contributed by atoms with E-state index in [0.717, 1.165) is 16.6 Å². The molecule has 1 atom stereocenters. The van der Waals surface area contributed by atoms with Crippen LogP contribution < -0.4 is 4.90 Å². The van der Waals surface area contributed by atoms with Crippen LogP contribution in [0.25, 0.3) is 11.0 Å². The standard InChI is InChI=1S/C21H24F2N6O2S/c1-32(30,31)28-8-4-13(5-9-28)19-15-11-29(17-3-7-25-21-14(17)2-6-24-21)18(20(22)23)10-16(15)26-12-27-19/h2-3,6-7,12-13,18,20H,4-5,8-11H2,1H3,(H,24,25)/t18-/m1/s1. The van der Waals surface area contributed by atoms with Gasteiger partial charge in [0.05, 0.1) is 29.4 Å². The fourth-order valence-electron chi connectivity index (χ4n) is 4.91. The highest BCUT2D eigenvalue weighted by molar-refractivity contribution is 7.88. The Morgan fingerprint density at radius 1 is 1.16 bits per heavy atom. The van der Waals surface area contributed by atoms with Gasteiger partial charge in [0.25, 0.3) is 6.43 Å². The summed E-state index contributed by atoms with van der Waals surface area (Å²) in [7, 11) is -3.23. The second-order valence-corrected chi connectivity index (χ2v) is 10.4. The molecule has 1 N–H and O–H groups in total. The highest BCUT2D eigenvalue weighted by Gasteiger charge is 2.37. The number of alkyl halides is 2. The number of nitrogens with one attached hydrogen (secondary N) is 1. The van der Waals surface area contributed by atoms with Gasteiger partial charge in [-0.2, -0.15) is 0 Å². The molecule has 2 aliphatic rings. The summed E-state index contributed by atoms with van der Waals surface area (Å²) in [5, 5.41) is 0.793. The minimum Gasteiger partial charge on any atom is -0.357 e. The first-order chi connectivity index (χ1) is 15.3. The number of sulfonamides is 1. The van der Waals surface area contributed by atoms with Gasteiger partial charge in [-0.25, -0.2) is 36.5 Å². The Bertz CT molecular complexity index is 1240. The van der Waals surface area contributed by atoms with Gasteiger partial charge < -0.3 is 9.88 Å². The summed E-state index contributed by atoms with van der Waals surface area (Å²) < 4.78 is 53.4. The van der Waals surface area contributed by atoms with Crippen LogP contribution in [0, 0.1) is 0 Å². The minimum absolute atomic E-state index is 0.0689. The minimum atomic E-state index is -3.23. The number of hydrogen-bond acceptors (Lipinski definition) is 6. The molecule has 8 nitrogen and oxygen atoms in total. The predicted molar refractivity (Wildman–Crippen MR) is 116 cm³/mol. The van der Waals surface area contributed by atoms with E-state index in [2.05, 4.69) is 19.9 Å². The third-order valence-electron chi connectivity index (χ3n) is 6.55. The quantitative estimate of drug-likeness (QED) is 0.641. The highest BCUT2D eigenvalue weighted by Crippen LogP contribution is 2.38. The van der Waals surface area contributed by atoms with E-state index in [-0.39, 0.29) is 18.9 Å². The number of hydrogen-bond donors (Lipinski definition) is 1. The first-order valence-electron chi connectivity index (χ1n) is 10.6. The molecule has 5 heterocycles. The van der Waals surface area contributed by atoms with Crippen LogP contribution in [0.5, 0.6) is 0 Å². The van der Waals surface area contributed by atoms with Crippen molar-refractivity contribution in [2.75, 3.05) is 24.2 Å². The molecule has 1 saturated heterocycles. The number of fused-ring (bicyclic) bond motifs is 2. The monoisotopic (exact) mass is 462 g/mol. The second kappa shape index (κ2) is 8.04. The maximum absolute atomic E-state index is 14.1. The van der Waals surface area contributed by atoms with Gasteiger partial charge in [0, 0.05) is 55.3 Å². The Hall–Kier alpha value is -2.66. The largest absolute Gasteiger partial charge is 0.357 e. The van der Waals surface area contributed by atoms with Crippen molar-refractivity contribution in [3.8, 4) is 0 Å². The van der Waals surface area contributed by atoms with E-state index in [1.54, 1.807) is 23.4 Å². The summed E-state index contributed by atoms with van der Waals surface area (Å²) in [6, 6.07) is 2.61. The zero-order chi connectivity index (χ0) is 22.5. The number of pyridine rings is 1. The molecule has 0 spiro atoms. The van der Waals surface area contributed by atoms with E-state index in [9.17, 15) is 17.2 Å². The summed E-state index contributed by atoms with van der Waals surface area (Å²) in [6.07, 6.45) is 4.92. The van der Waals surface area contributed by atoms with Crippen LogP contribution in [0.15, 0.2) is 30.9 Å². The van der Waals surface area contributed by atoms with Crippen molar-refractivity contribution in [3.63, 3.8) is 0 Å². The molecule has 0 radical (unpaired) electrons. The summed E-state index contributed by atoms with van der Waals surface area (Å²) in [6.45, 7) is 1.14. The number of piperidine rings is 1. The number of aromatic nitrogens is 4. The Kier molecular flexibility index (Phi) is 5.32. The Balaban J connectivity index is 1.51. The highest BCUT2D eigenvalue weighted by atomic mass is 32.2. The van der Waals surface area contributed by atoms with E-state index < -0.39 is 22.5 Å². The smallest absolute Gasteiger partial charge is 0.258 e. The molecular formula is C21H24F2N6O2S. The molecule has 0 aromatic carbocycles. The maximum atomic E-state index is 14.1. The fourth-order valence-corrected chi connectivity index (χ4v) is 5.78. The van der Waals surface area contributed by atoms with Gasteiger partial charge in [-0.15, -0.1) is 0 Å². The van der Waals surface area contributed by atoms with E-state index in [0.29, 0.717) is 43.0 Å². The average Bonchev–Trinajstić information content (AvgIpc) is 3.26. The third-order valence-corrected chi connectivity index (χ3v) is 7.85. The summed E-state index contributed by atoms with van der Waals surface area (Å²) in [5.41, 5.74) is 3.73. The first kappa shape index (κ1) is 21.2. The van der Waals surface area contributed by atoms with Crippen molar-refractivity contribution in [2.24, 2.45) is 0 Å². The van der Waals surface area contributed by atoms with Gasteiger partial charge in [0.1, 0.15) is 12.0 Å². The molecule has 11 heteroatoms. The Morgan fingerprint density at radius 3 is 2.66 bits per heavy atom. The topological polar surface area (TPSA) is 95.1 Å². The Labute approximate surface area is 184 Å². The Morgan fingerprint density at radius 2 is 1.94 bits per heavy atom. The van der Waals surface area contributed by atoms with Gasteiger partial charge in [0.15, 0.2) is 0 Å². The van der Waals surface area contributed by atoms with Crippen LogP contribution in [0.3, 0.4) is 0 Å². The number of halogens is 2. The van der Waals surface area contributed by atoms with Crippen LogP contribution in [0.2, 0.25) is 0 Å². The zero-order valence-electron chi connectivity index (χ0n) is 17.6. The number of anilines is 1. The summed E-state index contributed by atoms with van der Waals surface area (Å²) in [4.78, 5) is 17.9. The lowest BCUT2D eigenvalue weighted by atomic mass is 9.87. The molecule has 2 aliphatic heterocycles. The van der Waals surface area contributed by atoms with Crippen molar-refractivity contribution in [1.29, 1.82) is 0 Å². The van der Waals surface area contributed by atoms with Crippen molar-refractivity contribution >= 4 is 26.7 Å². The molecule has 0 amide bonds. The molecule has 170 valence electrons. The maximum Gasteiger partial charge on any atom is 0.258 e. The molecule has 3 aromatic heterocycles. The lowest BCUT2D eigenvalue weighted by Crippen LogP contribution is -2.46. The SMILES string of the molecule is CS(=O)(=O)N1CCC(c2ncnc3c2CN(c2ccnc4[nH]ccc24)[C@@H](C(F)F)C3)CC1. The molecule has 0 bridgehead atoms. The van der Waals surface area contributed by atoms with Crippen molar-refractivity contribution in [1.82, 2.24) is 24.2 Å². The second-order valence-electron chi connectivity index (χ2n) is 8.42. The van der Waals surface area contributed by atoms with E-state index in [1.165, 1.54) is 16.9 Å². The lowest BCUT2D eigenvalue weighted by Gasteiger charge is -2.39. The van der Waals surface area contributed by atoms with Crippen LogP contribution in [-0.4, -0.2) is 64.5 Å². The predicted octanol–water partition coefficient (Wildman–Crippen LogP) is 2.69. The lowest BCUT2D eigenvalue weighted by molar-refractivity contribution is 0.107. The number of aromatic amines is 1. The molecule has 0 unspecified atom stereocenters. The van der Waals surface area contributed by atoms with Gasteiger partial charge >= 0.3 is 0 Å². The first-order valence-corrected chi connectivity index (χ1v) is 12.4. The summed E-state index contributed by atoms with van der Waals surface area (Å²) >= 11 is 0. The van der Waals surface area contributed by atoms with Gasteiger partial charge in [-0.3, -0.25) is 0 Å². The average molecular weight is 463 g/mol. The molecule has 0 saturated carbocycles. The van der Waals surface area contributed by atoms with Gasteiger partial charge in [-0.1, -0.05) is 0 Å². The fraction of sp³-hybridized carbons (Fsp3) is 0.476. The van der Waals surface area contributed by atoms with Gasteiger partial charge in [-0.05, 0) is 25.0 Å². The number of rotatable bonds is 4. The van der Waals surface area contributed by atoms with E-state index >= 15 is 0 Å². The molecule has 32 heavy (non-hydrogen) atoms. The van der Waals surface area contributed by atoms with E-state index in [1.807, 2.05) is 6.07 Å². The van der Waals surface area contributed by atoms with Gasteiger partial charge in [0.2, 0.25) is 10.0 Å². The molecule has 5 rings (SSSR count). The zero-order valence-corrected chi connectivity index (χ0v) is 18.4. The van der Waals surface area contributed by atoms with Crippen molar-refractivity contribution < 1.29 is 17.2 Å². The van der Waals surface area contributed by atoms with Crippen molar-refractivity contribution in [3.05, 3.63) is 47.8 Å². The van der Waals surface area contributed by atoms with Crippen LogP contribution in [0.1, 0.15) is 35.7 Å². The number of nitrogens with zero attached hydrogens (tertiary/aromatic N) is 5. The normalized spacial score (nSPS) is 20.8. The summed E-state index contributed by atoms with van der Waals surface area (Å²) in [5.74, 6) is 0.0689. The van der Waals surface area contributed by atoms with E-state index in [4.69, 9.17) is 0 Å². The molecule has 3 aromatic rings. The molecule has 0 aliphatic carbocycles.